The summed E-state index contributed by atoms with van der Waals surface area (Å²) in [5, 5.41) is 10.9. The molecule has 0 aliphatic carbocycles. The number of hydrogen-bond donors (Lipinski definition) is 1. The fraction of sp³-hybridized carbons (Fsp3) is 0.300. The quantitative estimate of drug-likeness (QED) is 0.704. The van der Waals surface area contributed by atoms with Gasteiger partial charge in [0.05, 0.1) is 0 Å². The van der Waals surface area contributed by atoms with Gasteiger partial charge in [0.25, 0.3) is 0 Å². The van der Waals surface area contributed by atoms with E-state index < -0.39 is 17.3 Å². The highest BCUT2D eigenvalue weighted by molar-refractivity contribution is 5.76. The van der Waals surface area contributed by atoms with E-state index in [0.717, 1.165) is 0 Å². The van der Waals surface area contributed by atoms with E-state index in [2.05, 4.69) is 5.73 Å². The third-order valence-corrected chi connectivity index (χ3v) is 2.39. The van der Waals surface area contributed by atoms with Crippen LogP contribution in [0.2, 0.25) is 0 Å². The summed E-state index contributed by atoms with van der Waals surface area (Å²) in [5.41, 5.74) is 2.78. The Hall–Kier alpha value is -1.42. The van der Waals surface area contributed by atoms with Crippen molar-refractivity contribution in [3.8, 4) is 0 Å². The Morgan fingerprint density at radius 2 is 2.00 bits per heavy atom. The number of quaternary nitrogens is 1. The molecular weight excluding hydrogens is 185 g/mol. The highest BCUT2D eigenvalue weighted by atomic mass is 19.1. The van der Waals surface area contributed by atoms with Crippen LogP contribution in [0.4, 0.5) is 4.39 Å². The maximum atomic E-state index is 12.6. The van der Waals surface area contributed by atoms with Gasteiger partial charge in [-0.15, -0.1) is 0 Å². The zero-order valence-electron chi connectivity index (χ0n) is 7.92. The minimum Gasteiger partial charge on any atom is -0.543 e. The van der Waals surface area contributed by atoms with E-state index >= 15 is 0 Å². The molecule has 0 unspecified atom stereocenters. The minimum atomic E-state index is -1.28. The van der Waals surface area contributed by atoms with Gasteiger partial charge in [0.15, 0.2) is 5.54 Å². The van der Waals surface area contributed by atoms with Crippen molar-refractivity contribution in [3.63, 3.8) is 0 Å². The van der Waals surface area contributed by atoms with Crippen LogP contribution >= 0.6 is 0 Å². The first-order chi connectivity index (χ1) is 6.50. The van der Waals surface area contributed by atoms with Crippen molar-refractivity contribution >= 4 is 5.97 Å². The lowest BCUT2D eigenvalue weighted by atomic mass is 9.88. The first-order valence-electron chi connectivity index (χ1n) is 4.33. The van der Waals surface area contributed by atoms with Crippen molar-refractivity contribution in [2.24, 2.45) is 0 Å². The number of benzene rings is 1. The van der Waals surface area contributed by atoms with E-state index in [0.29, 0.717) is 12.0 Å². The second-order valence-electron chi connectivity index (χ2n) is 3.23. The van der Waals surface area contributed by atoms with Crippen LogP contribution in [0.1, 0.15) is 18.9 Å². The van der Waals surface area contributed by atoms with Crippen molar-refractivity contribution < 1.29 is 20.0 Å². The van der Waals surface area contributed by atoms with Crippen LogP contribution in [0.15, 0.2) is 24.3 Å². The smallest absolute Gasteiger partial charge is 0.160 e. The largest absolute Gasteiger partial charge is 0.543 e. The Balaban J connectivity index is 3.13. The predicted octanol–water partition coefficient (Wildman–Crippen LogP) is -0.577. The number of carboxylic acid groups (broad SMARTS) is 1. The number of rotatable bonds is 3. The monoisotopic (exact) mass is 197 g/mol. The van der Waals surface area contributed by atoms with Gasteiger partial charge in [-0.05, 0) is 24.3 Å². The van der Waals surface area contributed by atoms with Crippen LogP contribution in [0, 0.1) is 5.82 Å². The lowest BCUT2D eigenvalue weighted by Gasteiger charge is -2.25. The molecule has 1 aromatic carbocycles. The fourth-order valence-corrected chi connectivity index (χ4v) is 1.24. The average molecular weight is 197 g/mol. The molecule has 1 aromatic rings. The molecule has 1 atom stereocenters. The molecular formula is C10H12FNO2. The molecule has 0 radical (unpaired) electrons. The minimum absolute atomic E-state index is 0.307. The van der Waals surface area contributed by atoms with Crippen LogP contribution in [-0.4, -0.2) is 5.97 Å². The number of carbonyl (C=O) groups excluding carboxylic acids is 1. The van der Waals surface area contributed by atoms with E-state index in [1.807, 2.05) is 0 Å². The Kier molecular flexibility index (Phi) is 2.86. The van der Waals surface area contributed by atoms with Gasteiger partial charge in [0, 0.05) is 12.0 Å². The van der Waals surface area contributed by atoms with Gasteiger partial charge >= 0.3 is 0 Å². The molecule has 0 heterocycles. The van der Waals surface area contributed by atoms with Crippen molar-refractivity contribution in [2.75, 3.05) is 0 Å². The maximum Gasteiger partial charge on any atom is 0.160 e. The van der Waals surface area contributed by atoms with Crippen LogP contribution in [0.5, 0.6) is 0 Å². The van der Waals surface area contributed by atoms with E-state index in [-0.39, 0.29) is 0 Å². The van der Waals surface area contributed by atoms with Gasteiger partial charge in [-0.1, -0.05) is 6.92 Å². The molecule has 0 saturated carbocycles. The first kappa shape index (κ1) is 10.7. The summed E-state index contributed by atoms with van der Waals surface area (Å²) < 4.78 is 12.6. The average Bonchev–Trinajstić information content (AvgIpc) is 2.17. The van der Waals surface area contributed by atoms with Gasteiger partial charge in [0.2, 0.25) is 0 Å². The van der Waals surface area contributed by atoms with Gasteiger partial charge in [0.1, 0.15) is 11.8 Å². The lowest BCUT2D eigenvalue weighted by Crippen LogP contribution is -2.76. The Labute approximate surface area is 81.4 Å². The molecule has 0 bridgehead atoms. The summed E-state index contributed by atoms with van der Waals surface area (Å²) in [7, 11) is 0. The van der Waals surface area contributed by atoms with E-state index in [9.17, 15) is 14.3 Å². The van der Waals surface area contributed by atoms with Gasteiger partial charge in [-0.3, -0.25) is 0 Å². The summed E-state index contributed by atoms with van der Waals surface area (Å²) in [4.78, 5) is 10.9. The molecule has 76 valence electrons. The standard InChI is InChI=1S/C10H12FNO2/c1-2-10(12,9(13)14)7-3-5-8(11)6-4-7/h3-6H,2,12H2,1H3,(H,13,14)/t10-/m0/s1. The zero-order chi connectivity index (χ0) is 10.8. The third kappa shape index (κ3) is 1.75. The Morgan fingerprint density at radius 3 is 2.36 bits per heavy atom. The molecule has 0 spiro atoms. The number of carbonyl (C=O) groups is 1. The first-order valence-corrected chi connectivity index (χ1v) is 4.33. The molecule has 4 heteroatoms. The third-order valence-electron chi connectivity index (χ3n) is 2.39. The van der Waals surface area contributed by atoms with Crippen molar-refractivity contribution in [3.05, 3.63) is 35.6 Å². The normalized spacial score (nSPS) is 14.8. The topological polar surface area (TPSA) is 67.8 Å². The number of carboxylic acids is 1. The van der Waals surface area contributed by atoms with Crippen molar-refractivity contribution in [1.82, 2.24) is 0 Å². The molecule has 1 rings (SSSR count). The summed E-state index contributed by atoms with van der Waals surface area (Å²) in [5.74, 6) is -1.64. The van der Waals surface area contributed by atoms with Crippen LogP contribution in [0.25, 0.3) is 0 Å². The number of hydrogen-bond acceptors (Lipinski definition) is 2. The van der Waals surface area contributed by atoms with Gasteiger partial charge in [-0.2, -0.15) is 0 Å². The molecule has 3 nitrogen and oxygen atoms in total. The van der Waals surface area contributed by atoms with Crippen molar-refractivity contribution in [2.45, 2.75) is 18.9 Å². The molecule has 0 aromatic heterocycles. The predicted molar refractivity (Wildman–Crippen MR) is 46.3 cm³/mol. The highest BCUT2D eigenvalue weighted by Gasteiger charge is 2.31. The van der Waals surface area contributed by atoms with E-state index in [1.54, 1.807) is 6.92 Å². The SMILES string of the molecule is CC[C@@]([NH3+])(C(=O)[O-])c1ccc(F)cc1. The Bertz CT molecular complexity index is 336. The van der Waals surface area contributed by atoms with Gasteiger partial charge in [-0.25, -0.2) is 4.39 Å². The number of halogens is 1. The summed E-state index contributed by atoms with van der Waals surface area (Å²) in [6, 6.07) is 5.27. The van der Waals surface area contributed by atoms with Gasteiger partial charge < -0.3 is 15.6 Å². The fourth-order valence-electron chi connectivity index (χ4n) is 1.24. The molecule has 0 fully saturated rings. The zero-order valence-corrected chi connectivity index (χ0v) is 7.92. The van der Waals surface area contributed by atoms with Crippen LogP contribution in [0.3, 0.4) is 0 Å². The maximum absolute atomic E-state index is 12.6. The highest BCUT2D eigenvalue weighted by Crippen LogP contribution is 2.19. The molecule has 0 amide bonds. The second kappa shape index (κ2) is 3.75. The molecule has 3 N–H and O–H groups in total. The lowest BCUT2D eigenvalue weighted by molar-refractivity contribution is -0.495. The molecule has 0 saturated heterocycles. The summed E-state index contributed by atoms with van der Waals surface area (Å²) >= 11 is 0. The number of aliphatic carboxylic acids is 1. The van der Waals surface area contributed by atoms with Crippen LogP contribution < -0.4 is 10.8 Å². The van der Waals surface area contributed by atoms with Crippen LogP contribution in [-0.2, 0) is 10.3 Å². The Morgan fingerprint density at radius 1 is 1.50 bits per heavy atom. The van der Waals surface area contributed by atoms with Crippen molar-refractivity contribution in [1.29, 1.82) is 0 Å². The molecule has 0 aliphatic heterocycles. The summed E-state index contributed by atoms with van der Waals surface area (Å²) in [6.45, 7) is 1.70. The molecule has 0 aliphatic rings. The van der Waals surface area contributed by atoms with E-state index in [1.165, 1.54) is 24.3 Å². The summed E-state index contributed by atoms with van der Waals surface area (Å²) in [6.07, 6.45) is 0.307. The van der Waals surface area contributed by atoms with E-state index in [4.69, 9.17) is 0 Å². The molecule has 14 heavy (non-hydrogen) atoms. The second-order valence-corrected chi connectivity index (χ2v) is 3.23.